The van der Waals surface area contributed by atoms with E-state index in [9.17, 15) is 19.5 Å². The number of carboxylic acid groups (broad SMARTS) is 1. The summed E-state index contributed by atoms with van der Waals surface area (Å²) < 4.78 is 7.39. The molecule has 0 bridgehead atoms. The van der Waals surface area contributed by atoms with E-state index in [2.05, 4.69) is 20.3 Å². The molecule has 5 aromatic rings. The van der Waals surface area contributed by atoms with E-state index in [0.29, 0.717) is 73.2 Å². The Morgan fingerprint density at radius 3 is 2.65 bits per heavy atom. The number of aryl methyl sites for hydroxylation is 1. The zero-order valence-electron chi connectivity index (χ0n) is 24.8. The van der Waals surface area contributed by atoms with E-state index in [4.69, 9.17) is 27.9 Å². The second kappa shape index (κ2) is 12.8. The maximum atomic E-state index is 12.0. The van der Waals surface area contributed by atoms with Gasteiger partial charge in [-0.05, 0) is 30.7 Å². The fourth-order valence-electron chi connectivity index (χ4n) is 5.70. The number of nitrogens with zero attached hydrogens (tertiary/aromatic N) is 5. The second-order valence-electron chi connectivity index (χ2n) is 10.9. The minimum atomic E-state index is -1.11. The van der Waals surface area contributed by atoms with Crippen LogP contribution in [0.25, 0.3) is 44.7 Å². The highest BCUT2D eigenvalue weighted by Gasteiger charge is 2.26. The molecule has 4 aromatic heterocycles. The Hall–Kier alpha value is -5.00. The van der Waals surface area contributed by atoms with Crippen LogP contribution in [0.5, 0.6) is 5.88 Å². The van der Waals surface area contributed by atoms with Gasteiger partial charge in [0, 0.05) is 72.5 Å². The van der Waals surface area contributed by atoms with Gasteiger partial charge in [-0.25, -0.2) is 9.78 Å². The number of pyridine rings is 3. The Morgan fingerprint density at radius 2 is 1.93 bits per heavy atom. The molecule has 2 amide bonds. The molecule has 1 fully saturated rings. The van der Waals surface area contributed by atoms with E-state index >= 15 is 0 Å². The minimum Gasteiger partial charge on any atom is -0.481 e. The van der Waals surface area contributed by atoms with E-state index in [-0.39, 0.29) is 30.9 Å². The molecule has 0 aliphatic carbocycles. The number of hydrogen-bond acceptors (Lipinski definition) is 7. The molecule has 0 radical (unpaired) electrons. The summed E-state index contributed by atoms with van der Waals surface area (Å²) in [4.78, 5) is 50.0. The summed E-state index contributed by atoms with van der Waals surface area (Å²) in [5, 5.41) is 13.4. The summed E-state index contributed by atoms with van der Waals surface area (Å²) in [5.41, 5.74) is 6.06. The molecule has 11 nitrogen and oxygen atoms in total. The second-order valence-corrected chi connectivity index (χ2v) is 11.7. The van der Waals surface area contributed by atoms with Gasteiger partial charge in [0.05, 0.1) is 51.7 Å². The lowest BCUT2D eigenvalue weighted by Crippen LogP contribution is -2.41. The lowest BCUT2D eigenvalue weighted by molar-refractivity contribution is -0.119. The third kappa shape index (κ3) is 5.86. The van der Waals surface area contributed by atoms with Gasteiger partial charge in [-0.1, -0.05) is 41.4 Å². The van der Waals surface area contributed by atoms with Crippen LogP contribution in [-0.4, -0.2) is 67.5 Å². The van der Waals surface area contributed by atoms with Crippen molar-refractivity contribution < 1.29 is 24.2 Å². The molecule has 1 saturated heterocycles. The summed E-state index contributed by atoms with van der Waals surface area (Å²) in [6.07, 6.45) is 5.63. The van der Waals surface area contributed by atoms with Crippen molar-refractivity contribution in [1.82, 2.24) is 29.7 Å². The largest absolute Gasteiger partial charge is 0.481 e. The highest BCUT2D eigenvalue weighted by Crippen LogP contribution is 2.42. The maximum Gasteiger partial charge on any atom is 0.407 e. The molecule has 1 aromatic carbocycles. The van der Waals surface area contributed by atoms with E-state index in [0.717, 1.165) is 11.8 Å². The van der Waals surface area contributed by atoms with Crippen molar-refractivity contribution in [3.63, 3.8) is 0 Å². The molecule has 1 atom stereocenters. The third-order valence-electron chi connectivity index (χ3n) is 8.00. The van der Waals surface area contributed by atoms with Crippen molar-refractivity contribution in [3.8, 4) is 39.5 Å². The summed E-state index contributed by atoms with van der Waals surface area (Å²) in [6, 6.07) is 12.5. The average Bonchev–Trinajstić information content (AvgIpc) is 3.62. The molecular weight excluding hydrogens is 631 g/mol. The first-order valence-corrected chi connectivity index (χ1v) is 15.1. The Bertz CT molecular complexity index is 2010. The quantitative estimate of drug-likeness (QED) is 0.177. The summed E-state index contributed by atoms with van der Waals surface area (Å²) in [7, 11) is 3.31. The topological polar surface area (TPSA) is 140 Å². The summed E-state index contributed by atoms with van der Waals surface area (Å²) in [5.74, 6) is 0.174. The molecule has 0 spiro atoms. The molecule has 0 saturated carbocycles. The van der Waals surface area contributed by atoms with E-state index in [1.807, 2.05) is 35.9 Å². The van der Waals surface area contributed by atoms with Crippen molar-refractivity contribution in [2.24, 2.45) is 7.05 Å². The van der Waals surface area contributed by atoms with Crippen LogP contribution in [0.15, 0.2) is 61.1 Å². The van der Waals surface area contributed by atoms with Gasteiger partial charge in [0.1, 0.15) is 0 Å². The van der Waals surface area contributed by atoms with Gasteiger partial charge in [0.25, 0.3) is 0 Å². The standard InChI is InChI=1S/C33H28Cl2N6O5/c1-40-14-20(17-42)30-26(40)12-19(13-37-30)31-29(35)23(10-11-36-31)22-4-3-5-24(28(22)34)25-8-6-18(32(39-25)46-2)15-41(33(44)45)16-21-7-9-27(43)38-21/h3-6,8,10-14,17,21H,7,9,15-16H2,1-2H3,(H,38,43)(H,44,45)/t21-/m0/s1. The molecule has 13 heteroatoms. The molecule has 0 unspecified atom stereocenters. The number of aldehydes is 1. The van der Waals surface area contributed by atoms with Crippen LogP contribution in [0, 0.1) is 0 Å². The predicted molar refractivity (Wildman–Crippen MR) is 174 cm³/mol. The maximum absolute atomic E-state index is 12.0. The number of amides is 2. The first-order valence-electron chi connectivity index (χ1n) is 14.3. The number of nitrogens with one attached hydrogen (secondary N) is 1. The minimum absolute atomic E-state index is 0.0290. The Balaban J connectivity index is 1.32. The molecule has 234 valence electrons. The van der Waals surface area contributed by atoms with Crippen LogP contribution in [0.1, 0.15) is 28.8 Å². The van der Waals surface area contributed by atoms with Gasteiger partial charge in [-0.15, -0.1) is 0 Å². The van der Waals surface area contributed by atoms with Crippen molar-refractivity contribution >= 4 is 52.5 Å². The SMILES string of the molecule is COc1nc(-c2cccc(-c3ccnc(-c4cnc5c(C=O)cn(C)c5c4)c3Cl)c2Cl)ccc1CN(C[C@@H]1CCC(=O)N1)C(=O)O. The number of halogens is 2. The van der Waals surface area contributed by atoms with Crippen LogP contribution >= 0.6 is 23.2 Å². The Kier molecular flexibility index (Phi) is 8.61. The normalized spacial score (nSPS) is 14.3. The number of carbonyl (C=O) groups is 3. The molecule has 1 aliphatic heterocycles. The van der Waals surface area contributed by atoms with Crippen LogP contribution < -0.4 is 10.1 Å². The molecule has 2 N–H and O–H groups in total. The number of carbonyl (C=O) groups excluding carboxylic acids is 2. The Labute approximate surface area is 273 Å². The van der Waals surface area contributed by atoms with Crippen LogP contribution in [0.4, 0.5) is 4.79 Å². The van der Waals surface area contributed by atoms with Gasteiger partial charge in [0.2, 0.25) is 11.8 Å². The first kappa shape index (κ1) is 31.0. The van der Waals surface area contributed by atoms with E-state index < -0.39 is 6.09 Å². The molecule has 5 heterocycles. The van der Waals surface area contributed by atoms with Crippen molar-refractivity contribution in [1.29, 1.82) is 0 Å². The number of rotatable bonds is 9. The lowest BCUT2D eigenvalue weighted by Gasteiger charge is -2.23. The summed E-state index contributed by atoms with van der Waals surface area (Å²) in [6.45, 7) is 0.185. The predicted octanol–water partition coefficient (Wildman–Crippen LogP) is 6.25. The molecular formula is C33H28Cl2N6O5. The van der Waals surface area contributed by atoms with Crippen molar-refractivity contribution in [2.75, 3.05) is 13.7 Å². The molecule has 1 aliphatic rings. The number of methoxy groups -OCH3 is 1. The number of aromatic nitrogens is 4. The van der Waals surface area contributed by atoms with Gasteiger partial charge >= 0.3 is 6.09 Å². The highest BCUT2D eigenvalue weighted by molar-refractivity contribution is 6.39. The highest BCUT2D eigenvalue weighted by atomic mass is 35.5. The molecule has 6 rings (SSSR count). The number of ether oxygens (including phenoxy) is 1. The van der Waals surface area contributed by atoms with Crippen LogP contribution in [0.3, 0.4) is 0 Å². The Morgan fingerprint density at radius 1 is 1.15 bits per heavy atom. The van der Waals surface area contributed by atoms with Gasteiger partial charge in [0.15, 0.2) is 6.29 Å². The zero-order chi connectivity index (χ0) is 32.5. The third-order valence-corrected chi connectivity index (χ3v) is 8.79. The average molecular weight is 660 g/mol. The molecule has 46 heavy (non-hydrogen) atoms. The number of fused-ring (bicyclic) bond motifs is 1. The number of hydrogen-bond donors (Lipinski definition) is 2. The summed E-state index contributed by atoms with van der Waals surface area (Å²) >= 11 is 14.0. The van der Waals surface area contributed by atoms with E-state index in [1.165, 1.54) is 12.0 Å². The smallest absolute Gasteiger partial charge is 0.407 e. The van der Waals surface area contributed by atoms with Crippen molar-refractivity contribution in [2.45, 2.75) is 25.4 Å². The van der Waals surface area contributed by atoms with E-state index in [1.54, 1.807) is 36.8 Å². The van der Waals surface area contributed by atoms with Gasteiger partial charge < -0.3 is 24.6 Å². The fourth-order valence-corrected chi connectivity index (χ4v) is 6.35. The van der Waals surface area contributed by atoms with Gasteiger partial charge in [-0.3, -0.25) is 19.6 Å². The first-order chi connectivity index (χ1) is 22.2. The zero-order valence-corrected chi connectivity index (χ0v) is 26.3. The fraction of sp³-hybridized carbons (Fsp3) is 0.212. The monoisotopic (exact) mass is 658 g/mol. The van der Waals surface area contributed by atoms with Crippen molar-refractivity contribution in [3.05, 3.63) is 82.2 Å². The van der Waals surface area contributed by atoms with Gasteiger partial charge in [-0.2, -0.15) is 0 Å². The van der Waals surface area contributed by atoms with Crippen LogP contribution in [-0.2, 0) is 18.4 Å². The number of benzene rings is 1. The lowest BCUT2D eigenvalue weighted by atomic mass is 9.99. The van der Waals surface area contributed by atoms with Crippen LogP contribution in [0.2, 0.25) is 10.0 Å².